The number of amides is 1. The number of ether oxygens (including phenoxy) is 1. The number of esters is 1. The molecule has 1 amide bonds. The summed E-state index contributed by atoms with van der Waals surface area (Å²) in [6.07, 6.45) is 0. The summed E-state index contributed by atoms with van der Waals surface area (Å²) < 4.78 is 5.53. The van der Waals surface area contributed by atoms with Crippen LogP contribution in [-0.4, -0.2) is 19.0 Å². The summed E-state index contributed by atoms with van der Waals surface area (Å²) in [5, 5.41) is 3.54. The number of hydrogen-bond acceptors (Lipinski definition) is 4. The average Bonchev–Trinajstić information content (AvgIpc) is 2.75. The third-order valence-corrected chi connectivity index (χ3v) is 5.12. The molecular weight excluding hydrogens is 390 g/mol. The molecule has 0 bridgehead atoms. The number of rotatable bonds is 3. The molecule has 7 heteroatoms. The molecule has 0 fully saturated rings. The lowest BCUT2D eigenvalue weighted by atomic mass is 10.1. The van der Waals surface area contributed by atoms with Gasteiger partial charge in [-0.2, -0.15) is 0 Å². The maximum atomic E-state index is 12.4. The van der Waals surface area contributed by atoms with Crippen molar-refractivity contribution in [2.45, 2.75) is 13.8 Å². The number of hydrogen-bond donors (Lipinski definition) is 1. The Hall–Kier alpha value is -1.37. The predicted octanol–water partition coefficient (Wildman–Crippen LogP) is 4.82. The van der Waals surface area contributed by atoms with E-state index in [2.05, 4.69) is 21.2 Å². The molecule has 0 saturated carbocycles. The first kappa shape index (κ1) is 17.0. The van der Waals surface area contributed by atoms with Crippen LogP contribution in [0.4, 0.5) is 5.00 Å². The van der Waals surface area contributed by atoms with Gasteiger partial charge in [0.2, 0.25) is 0 Å². The van der Waals surface area contributed by atoms with E-state index in [0.717, 1.165) is 14.9 Å². The molecule has 0 radical (unpaired) electrons. The van der Waals surface area contributed by atoms with Crippen LogP contribution in [-0.2, 0) is 4.74 Å². The molecule has 0 aliphatic carbocycles. The van der Waals surface area contributed by atoms with Gasteiger partial charge in [-0.15, -0.1) is 11.3 Å². The maximum Gasteiger partial charge on any atom is 0.341 e. The lowest BCUT2D eigenvalue weighted by Crippen LogP contribution is -2.14. The third-order valence-electron chi connectivity index (χ3n) is 3.17. The highest BCUT2D eigenvalue weighted by molar-refractivity contribution is 9.10. The zero-order chi connectivity index (χ0) is 16.4. The van der Waals surface area contributed by atoms with E-state index in [1.165, 1.54) is 18.4 Å². The highest BCUT2D eigenvalue weighted by Crippen LogP contribution is 2.33. The molecule has 22 heavy (non-hydrogen) atoms. The van der Waals surface area contributed by atoms with Crippen LogP contribution in [0.5, 0.6) is 0 Å². The van der Waals surface area contributed by atoms with Crippen molar-refractivity contribution in [1.29, 1.82) is 0 Å². The standard InChI is InChI=1S/C15H13BrClNO3S/c1-7-8(2)22-14(12(7)15(20)21-3)18-13(19)10-6-9(16)4-5-11(10)17/h4-6H,1-3H3,(H,18,19). The van der Waals surface area contributed by atoms with Crippen molar-refractivity contribution in [1.82, 2.24) is 0 Å². The van der Waals surface area contributed by atoms with Crippen molar-refractivity contribution in [3.05, 3.63) is 49.3 Å². The van der Waals surface area contributed by atoms with Crippen LogP contribution in [0.25, 0.3) is 0 Å². The molecule has 0 aliphatic rings. The fraction of sp³-hybridized carbons (Fsp3) is 0.200. The minimum absolute atomic E-state index is 0.329. The van der Waals surface area contributed by atoms with Gasteiger partial charge in [-0.25, -0.2) is 4.79 Å². The largest absolute Gasteiger partial charge is 0.465 e. The van der Waals surface area contributed by atoms with Crippen molar-refractivity contribution < 1.29 is 14.3 Å². The van der Waals surface area contributed by atoms with Crippen LogP contribution < -0.4 is 5.32 Å². The molecule has 2 rings (SSSR count). The van der Waals surface area contributed by atoms with Crippen molar-refractivity contribution in [2.75, 3.05) is 12.4 Å². The summed E-state index contributed by atoms with van der Waals surface area (Å²) in [4.78, 5) is 25.3. The van der Waals surface area contributed by atoms with Crippen molar-refractivity contribution >= 4 is 55.7 Å². The first-order valence-corrected chi connectivity index (χ1v) is 8.28. The van der Waals surface area contributed by atoms with Gasteiger partial charge < -0.3 is 10.1 Å². The molecule has 0 atom stereocenters. The summed E-state index contributed by atoms with van der Waals surface area (Å²) in [6.45, 7) is 3.70. The molecule has 1 heterocycles. The van der Waals surface area contributed by atoms with Gasteiger partial charge in [-0.3, -0.25) is 4.79 Å². The molecule has 0 unspecified atom stereocenters. The SMILES string of the molecule is COC(=O)c1c(NC(=O)c2cc(Br)ccc2Cl)sc(C)c1C. The maximum absolute atomic E-state index is 12.4. The van der Waals surface area contributed by atoms with E-state index in [9.17, 15) is 9.59 Å². The summed E-state index contributed by atoms with van der Waals surface area (Å²) in [7, 11) is 1.31. The van der Waals surface area contributed by atoms with Crippen LogP contribution in [0.2, 0.25) is 5.02 Å². The Balaban J connectivity index is 2.39. The molecule has 2 aromatic rings. The van der Waals surface area contributed by atoms with Gasteiger partial charge >= 0.3 is 5.97 Å². The lowest BCUT2D eigenvalue weighted by Gasteiger charge is -2.08. The van der Waals surface area contributed by atoms with E-state index >= 15 is 0 Å². The van der Waals surface area contributed by atoms with Gasteiger partial charge in [0.05, 0.1) is 23.3 Å². The Bertz CT molecular complexity index is 757. The molecule has 116 valence electrons. The summed E-state index contributed by atoms with van der Waals surface area (Å²) in [6, 6.07) is 5.01. The van der Waals surface area contributed by atoms with E-state index in [1.807, 2.05) is 13.8 Å². The second kappa shape index (κ2) is 6.81. The van der Waals surface area contributed by atoms with E-state index in [0.29, 0.717) is 21.2 Å². The van der Waals surface area contributed by atoms with E-state index in [-0.39, 0.29) is 5.91 Å². The highest BCUT2D eigenvalue weighted by Gasteiger charge is 2.22. The number of aryl methyl sites for hydroxylation is 1. The van der Waals surface area contributed by atoms with E-state index in [1.54, 1.807) is 18.2 Å². The number of halogens is 2. The highest BCUT2D eigenvalue weighted by atomic mass is 79.9. The third kappa shape index (κ3) is 3.34. The smallest absolute Gasteiger partial charge is 0.341 e. The Morgan fingerprint density at radius 1 is 1.32 bits per heavy atom. The quantitative estimate of drug-likeness (QED) is 0.749. The Morgan fingerprint density at radius 3 is 2.64 bits per heavy atom. The van der Waals surface area contributed by atoms with Crippen LogP contribution in [0.3, 0.4) is 0 Å². The summed E-state index contributed by atoms with van der Waals surface area (Å²) in [5.74, 6) is -0.852. The molecule has 0 spiro atoms. The number of anilines is 1. The lowest BCUT2D eigenvalue weighted by molar-refractivity contribution is 0.0601. The van der Waals surface area contributed by atoms with E-state index < -0.39 is 5.97 Å². The zero-order valence-corrected chi connectivity index (χ0v) is 15.3. The Morgan fingerprint density at radius 2 is 2.00 bits per heavy atom. The topological polar surface area (TPSA) is 55.4 Å². The van der Waals surface area contributed by atoms with Crippen molar-refractivity contribution in [2.24, 2.45) is 0 Å². The number of carbonyl (C=O) groups is 2. The van der Waals surface area contributed by atoms with Crippen molar-refractivity contribution in [3.8, 4) is 0 Å². The number of nitrogens with one attached hydrogen (secondary N) is 1. The predicted molar refractivity (Wildman–Crippen MR) is 92.2 cm³/mol. The van der Waals surface area contributed by atoms with E-state index in [4.69, 9.17) is 16.3 Å². The second-order valence-corrected chi connectivity index (χ2v) is 7.10. The molecule has 1 N–H and O–H groups in total. The Kier molecular flexibility index (Phi) is 5.26. The van der Waals surface area contributed by atoms with Gasteiger partial charge in [0.1, 0.15) is 5.00 Å². The van der Waals surface area contributed by atoms with Crippen LogP contribution in [0.1, 0.15) is 31.2 Å². The van der Waals surface area contributed by atoms with Gasteiger partial charge in [0.15, 0.2) is 0 Å². The summed E-state index contributed by atoms with van der Waals surface area (Å²) in [5.41, 5.74) is 1.51. The molecule has 0 saturated heterocycles. The molecule has 1 aromatic carbocycles. The number of thiophene rings is 1. The second-order valence-electron chi connectivity index (χ2n) is 4.56. The van der Waals surface area contributed by atoms with Gasteiger partial charge in [0, 0.05) is 9.35 Å². The fourth-order valence-corrected chi connectivity index (χ4v) is 3.51. The van der Waals surface area contributed by atoms with Gasteiger partial charge in [-0.05, 0) is 37.6 Å². The monoisotopic (exact) mass is 401 g/mol. The average molecular weight is 403 g/mol. The normalized spacial score (nSPS) is 10.4. The van der Waals surface area contributed by atoms with Crippen LogP contribution >= 0.6 is 38.9 Å². The number of methoxy groups -OCH3 is 1. The Labute approximate surface area is 145 Å². The molecular formula is C15H13BrClNO3S. The van der Waals surface area contributed by atoms with Crippen molar-refractivity contribution in [3.63, 3.8) is 0 Å². The minimum atomic E-state index is -0.475. The number of benzene rings is 1. The van der Waals surface area contributed by atoms with Crippen LogP contribution in [0, 0.1) is 13.8 Å². The first-order chi connectivity index (χ1) is 10.3. The number of carbonyl (C=O) groups excluding carboxylic acids is 2. The minimum Gasteiger partial charge on any atom is -0.465 e. The van der Waals surface area contributed by atoms with Gasteiger partial charge in [-0.1, -0.05) is 27.5 Å². The zero-order valence-electron chi connectivity index (χ0n) is 12.1. The molecule has 4 nitrogen and oxygen atoms in total. The summed E-state index contributed by atoms with van der Waals surface area (Å²) >= 11 is 10.7. The first-order valence-electron chi connectivity index (χ1n) is 6.29. The fourth-order valence-electron chi connectivity index (χ4n) is 1.90. The van der Waals surface area contributed by atoms with Crippen LogP contribution in [0.15, 0.2) is 22.7 Å². The van der Waals surface area contributed by atoms with Gasteiger partial charge in [0.25, 0.3) is 5.91 Å². The molecule has 0 aliphatic heterocycles. The molecule has 1 aromatic heterocycles.